The van der Waals surface area contributed by atoms with Crippen LogP contribution in [0.2, 0.25) is 0 Å². The zero-order chi connectivity index (χ0) is 28.6. The smallest absolute Gasteiger partial charge is 0.346 e. The molecule has 1 N–H and O–H groups in total. The lowest BCUT2D eigenvalue weighted by atomic mass is 9.99. The van der Waals surface area contributed by atoms with Crippen molar-refractivity contribution >= 4 is 16.8 Å². The molecule has 5 aromatic rings. The molecule has 1 unspecified atom stereocenters. The molecule has 1 amide bonds. The zero-order valence-electron chi connectivity index (χ0n) is 22.9. The van der Waals surface area contributed by atoms with Crippen molar-refractivity contribution in [2.75, 3.05) is 0 Å². The summed E-state index contributed by atoms with van der Waals surface area (Å²) in [5.41, 5.74) is 8.19. The fourth-order valence-electron chi connectivity index (χ4n) is 5.21. The van der Waals surface area contributed by atoms with Crippen molar-refractivity contribution in [3.63, 3.8) is 0 Å². The quantitative estimate of drug-likeness (QED) is 0.229. The van der Waals surface area contributed by atoms with E-state index in [4.69, 9.17) is 0 Å². The first kappa shape index (κ1) is 27.3. The molecule has 40 heavy (non-hydrogen) atoms. The first-order valence-corrected chi connectivity index (χ1v) is 13.3. The summed E-state index contributed by atoms with van der Waals surface area (Å²) in [5.74, 6) is -0.330. The SMILES string of the molecule is Cc1ccccc1-c1ccc(Cn2c(C)c(C)c3cc(C(=O)NC(C)c4cccc(C(F)(F)F)c4)ccc32)cc1. The van der Waals surface area contributed by atoms with Gasteiger partial charge in [0.25, 0.3) is 5.91 Å². The normalized spacial score (nSPS) is 12.5. The minimum absolute atomic E-state index is 0.330. The summed E-state index contributed by atoms with van der Waals surface area (Å²) in [5, 5.41) is 3.83. The molecule has 3 nitrogen and oxygen atoms in total. The highest BCUT2D eigenvalue weighted by molar-refractivity contribution is 5.99. The van der Waals surface area contributed by atoms with Crippen molar-refractivity contribution in [1.82, 2.24) is 9.88 Å². The Kier molecular flexibility index (Phi) is 7.28. The van der Waals surface area contributed by atoms with Crippen LogP contribution in [0, 0.1) is 20.8 Å². The second-order valence-electron chi connectivity index (χ2n) is 10.4. The van der Waals surface area contributed by atoms with Crippen LogP contribution in [0.3, 0.4) is 0 Å². The van der Waals surface area contributed by atoms with Crippen LogP contribution in [0.5, 0.6) is 0 Å². The second-order valence-corrected chi connectivity index (χ2v) is 10.4. The number of nitrogens with one attached hydrogen (secondary N) is 1. The van der Waals surface area contributed by atoms with Crippen molar-refractivity contribution < 1.29 is 18.0 Å². The molecule has 1 atom stereocenters. The Balaban J connectivity index is 1.36. The molecular formula is C34H31F3N2O. The molecule has 0 aliphatic carbocycles. The van der Waals surface area contributed by atoms with Gasteiger partial charge in [0.05, 0.1) is 11.6 Å². The minimum Gasteiger partial charge on any atom is -0.346 e. The van der Waals surface area contributed by atoms with Crippen molar-refractivity contribution in [2.45, 2.75) is 46.5 Å². The lowest BCUT2D eigenvalue weighted by Gasteiger charge is -2.16. The number of hydrogen-bond donors (Lipinski definition) is 1. The van der Waals surface area contributed by atoms with E-state index in [0.29, 0.717) is 17.7 Å². The van der Waals surface area contributed by atoms with Gasteiger partial charge in [0.1, 0.15) is 0 Å². The maximum absolute atomic E-state index is 13.1. The summed E-state index contributed by atoms with van der Waals surface area (Å²) in [6, 6.07) is 27.0. The van der Waals surface area contributed by atoms with E-state index in [1.54, 1.807) is 19.1 Å². The van der Waals surface area contributed by atoms with Crippen LogP contribution in [0.1, 0.15) is 56.8 Å². The number of alkyl halides is 3. The number of aryl methyl sites for hydroxylation is 2. The van der Waals surface area contributed by atoms with E-state index >= 15 is 0 Å². The third-order valence-electron chi connectivity index (χ3n) is 7.71. The zero-order valence-corrected chi connectivity index (χ0v) is 22.9. The summed E-state index contributed by atoms with van der Waals surface area (Å²) >= 11 is 0. The van der Waals surface area contributed by atoms with E-state index in [2.05, 4.69) is 66.2 Å². The van der Waals surface area contributed by atoms with Gasteiger partial charge in [-0.1, -0.05) is 60.7 Å². The third-order valence-corrected chi connectivity index (χ3v) is 7.71. The number of nitrogens with zero attached hydrogens (tertiary/aromatic N) is 1. The van der Waals surface area contributed by atoms with Gasteiger partial charge in [-0.15, -0.1) is 0 Å². The van der Waals surface area contributed by atoms with Gasteiger partial charge in [-0.3, -0.25) is 4.79 Å². The Morgan fingerprint density at radius 2 is 1.60 bits per heavy atom. The molecule has 204 valence electrons. The number of fused-ring (bicyclic) bond motifs is 1. The van der Waals surface area contributed by atoms with Crippen LogP contribution in [0.25, 0.3) is 22.0 Å². The summed E-state index contributed by atoms with van der Waals surface area (Å²) < 4.78 is 41.6. The maximum Gasteiger partial charge on any atom is 0.416 e. The van der Waals surface area contributed by atoms with E-state index in [1.165, 1.54) is 28.3 Å². The largest absolute Gasteiger partial charge is 0.416 e. The Hall–Kier alpha value is -4.32. The molecule has 5 rings (SSSR count). The van der Waals surface area contributed by atoms with Crippen LogP contribution in [0.4, 0.5) is 13.2 Å². The molecule has 1 heterocycles. The van der Waals surface area contributed by atoms with Crippen molar-refractivity contribution in [3.05, 3.63) is 130 Å². The molecule has 1 aromatic heterocycles. The minimum atomic E-state index is -4.43. The third kappa shape index (κ3) is 5.39. The lowest BCUT2D eigenvalue weighted by Crippen LogP contribution is -2.26. The molecule has 0 fully saturated rings. The van der Waals surface area contributed by atoms with Gasteiger partial charge in [0.15, 0.2) is 0 Å². The number of carbonyl (C=O) groups is 1. The number of rotatable bonds is 6. The van der Waals surface area contributed by atoms with E-state index in [9.17, 15) is 18.0 Å². The predicted molar refractivity (Wildman–Crippen MR) is 154 cm³/mol. The van der Waals surface area contributed by atoms with Crippen LogP contribution < -0.4 is 5.32 Å². The molecule has 0 saturated heterocycles. The molecule has 0 spiro atoms. The first-order chi connectivity index (χ1) is 19.0. The summed E-state index contributed by atoms with van der Waals surface area (Å²) in [6.07, 6.45) is -4.43. The van der Waals surface area contributed by atoms with Crippen molar-refractivity contribution in [3.8, 4) is 11.1 Å². The highest BCUT2D eigenvalue weighted by Gasteiger charge is 2.30. The number of aromatic nitrogens is 1. The monoisotopic (exact) mass is 540 g/mol. The van der Waals surface area contributed by atoms with Gasteiger partial charge in [-0.2, -0.15) is 13.2 Å². The number of amides is 1. The van der Waals surface area contributed by atoms with Crippen molar-refractivity contribution in [2.24, 2.45) is 0 Å². The molecule has 0 radical (unpaired) electrons. The summed E-state index contributed by atoms with van der Waals surface area (Å²) in [6.45, 7) is 8.61. The number of halogens is 3. The first-order valence-electron chi connectivity index (χ1n) is 13.3. The Morgan fingerprint density at radius 1 is 0.875 bits per heavy atom. The molecule has 0 aliphatic rings. The van der Waals surface area contributed by atoms with Crippen molar-refractivity contribution in [1.29, 1.82) is 0 Å². The van der Waals surface area contributed by atoms with Gasteiger partial charge in [-0.05, 0) is 91.4 Å². The topological polar surface area (TPSA) is 34.0 Å². The van der Waals surface area contributed by atoms with Crippen LogP contribution in [-0.4, -0.2) is 10.5 Å². The summed E-state index contributed by atoms with van der Waals surface area (Å²) in [7, 11) is 0. The average Bonchev–Trinajstić information content (AvgIpc) is 3.17. The average molecular weight is 541 g/mol. The van der Waals surface area contributed by atoms with E-state index < -0.39 is 17.8 Å². The lowest BCUT2D eigenvalue weighted by molar-refractivity contribution is -0.137. The number of carbonyl (C=O) groups excluding carboxylic acids is 1. The van der Waals surface area contributed by atoms with Gasteiger partial charge < -0.3 is 9.88 Å². The fraction of sp³-hybridized carbons (Fsp3) is 0.206. The highest BCUT2D eigenvalue weighted by atomic mass is 19.4. The molecule has 0 bridgehead atoms. The molecular weight excluding hydrogens is 509 g/mol. The van der Waals surface area contributed by atoms with Gasteiger partial charge in [0, 0.05) is 28.7 Å². The highest BCUT2D eigenvalue weighted by Crippen LogP contribution is 2.31. The Labute approximate surface area is 232 Å². The predicted octanol–water partition coefficient (Wildman–Crippen LogP) is 8.79. The van der Waals surface area contributed by atoms with Crippen LogP contribution >= 0.6 is 0 Å². The van der Waals surface area contributed by atoms with Crippen LogP contribution in [0.15, 0.2) is 91.0 Å². The standard InChI is InChI=1S/C34H31F3N2O/c1-21-8-5-6-11-30(21)26-14-12-25(13-15-26)20-39-24(4)22(2)31-19-28(16-17-32(31)39)33(40)38-23(3)27-9-7-10-29(18-27)34(35,36)37/h5-19,23H,20H2,1-4H3,(H,38,40). The van der Waals surface area contributed by atoms with Gasteiger partial charge in [0.2, 0.25) is 0 Å². The van der Waals surface area contributed by atoms with Crippen LogP contribution in [-0.2, 0) is 12.7 Å². The molecule has 0 saturated carbocycles. The number of benzene rings is 4. The van der Waals surface area contributed by atoms with E-state index in [-0.39, 0.29) is 5.91 Å². The Bertz CT molecular complexity index is 1700. The molecule has 6 heteroatoms. The summed E-state index contributed by atoms with van der Waals surface area (Å²) in [4.78, 5) is 13.1. The molecule has 0 aliphatic heterocycles. The van der Waals surface area contributed by atoms with Gasteiger partial charge in [-0.25, -0.2) is 0 Å². The number of hydrogen-bond acceptors (Lipinski definition) is 1. The fourth-order valence-corrected chi connectivity index (χ4v) is 5.21. The van der Waals surface area contributed by atoms with E-state index in [0.717, 1.165) is 34.3 Å². The molecule has 4 aromatic carbocycles. The Morgan fingerprint density at radius 3 is 2.30 bits per heavy atom. The maximum atomic E-state index is 13.1. The van der Waals surface area contributed by atoms with E-state index in [1.807, 2.05) is 25.1 Å². The second kappa shape index (κ2) is 10.7. The van der Waals surface area contributed by atoms with Gasteiger partial charge >= 0.3 is 6.18 Å².